The molecule has 0 radical (unpaired) electrons. The molecule has 1 heterocycles. The molecule has 1 aliphatic heterocycles. The predicted octanol–water partition coefficient (Wildman–Crippen LogP) is 2.48. The van der Waals surface area contributed by atoms with Crippen LogP contribution in [0.3, 0.4) is 0 Å². The number of rotatable bonds is 6. The minimum absolute atomic E-state index is 0.301. The van der Waals surface area contributed by atoms with E-state index in [1.807, 2.05) is 0 Å². The summed E-state index contributed by atoms with van der Waals surface area (Å²) in [5.74, 6) is 1.07. The monoisotopic (exact) mass is 298 g/mol. The van der Waals surface area contributed by atoms with Crippen molar-refractivity contribution in [2.45, 2.75) is 64.8 Å². The van der Waals surface area contributed by atoms with E-state index in [1.54, 1.807) is 0 Å². The Balaban J connectivity index is 2.12. The van der Waals surface area contributed by atoms with Crippen LogP contribution in [0.15, 0.2) is 0 Å². The molecule has 2 fully saturated rings. The van der Waals surface area contributed by atoms with Gasteiger partial charge in [-0.1, -0.05) is 27.7 Å². The largest absolute Gasteiger partial charge is 0.347 e. The molecule has 1 saturated heterocycles. The van der Waals surface area contributed by atoms with Crippen LogP contribution >= 0.6 is 0 Å². The van der Waals surface area contributed by atoms with Gasteiger partial charge in [-0.3, -0.25) is 4.90 Å². The van der Waals surface area contributed by atoms with Crippen LogP contribution in [0, 0.1) is 11.8 Å². The summed E-state index contributed by atoms with van der Waals surface area (Å²) in [5.41, 5.74) is 0. The minimum Gasteiger partial charge on any atom is -0.347 e. The van der Waals surface area contributed by atoms with E-state index in [9.17, 15) is 0 Å². The molecule has 4 nitrogen and oxygen atoms in total. The SMILES string of the molecule is CNC1CCC2(CC1N(CC(C)C)CC(C)C)OCCO2. The third-order valence-corrected chi connectivity index (χ3v) is 4.67. The van der Waals surface area contributed by atoms with Gasteiger partial charge in [0.25, 0.3) is 0 Å². The lowest BCUT2D eigenvalue weighted by Crippen LogP contribution is -2.58. The van der Waals surface area contributed by atoms with Gasteiger partial charge in [-0.2, -0.15) is 0 Å². The topological polar surface area (TPSA) is 33.7 Å². The van der Waals surface area contributed by atoms with Gasteiger partial charge in [0.15, 0.2) is 5.79 Å². The van der Waals surface area contributed by atoms with Crippen LogP contribution in [0.25, 0.3) is 0 Å². The normalized spacial score (nSPS) is 29.1. The predicted molar refractivity (Wildman–Crippen MR) is 86.4 cm³/mol. The first-order valence-corrected chi connectivity index (χ1v) is 8.65. The van der Waals surface area contributed by atoms with Gasteiger partial charge in [0.2, 0.25) is 0 Å². The summed E-state index contributed by atoms with van der Waals surface area (Å²) in [5, 5.41) is 3.53. The van der Waals surface area contributed by atoms with E-state index in [0.717, 1.165) is 45.6 Å². The maximum absolute atomic E-state index is 5.99. The van der Waals surface area contributed by atoms with Crippen molar-refractivity contribution in [1.29, 1.82) is 0 Å². The third-order valence-electron chi connectivity index (χ3n) is 4.67. The smallest absolute Gasteiger partial charge is 0.170 e. The summed E-state index contributed by atoms with van der Waals surface area (Å²) in [7, 11) is 2.09. The molecule has 0 aromatic carbocycles. The van der Waals surface area contributed by atoms with E-state index in [2.05, 4.69) is 45.0 Å². The Morgan fingerprint density at radius 3 is 2.14 bits per heavy atom. The first-order chi connectivity index (χ1) is 9.96. The Hall–Kier alpha value is -0.160. The maximum atomic E-state index is 5.99. The van der Waals surface area contributed by atoms with E-state index in [1.165, 1.54) is 0 Å². The molecule has 0 aromatic rings. The first kappa shape index (κ1) is 17.2. The fraction of sp³-hybridized carbons (Fsp3) is 1.00. The molecule has 1 spiro atoms. The highest BCUT2D eigenvalue weighted by Gasteiger charge is 2.46. The number of ether oxygens (including phenoxy) is 2. The Bertz CT molecular complexity index is 304. The van der Waals surface area contributed by atoms with Crippen molar-refractivity contribution in [3.63, 3.8) is 0 Å². The summed E-state index contributed by atoms with van der Waals surface area (Å²) in [4.78, 5) is 2.67. The first-order valence-electron chi connectivity index (χ1n) is 8.65. The molecule has 2 rings (SSSR count). The summed E-state index contributed by atoms with van der Waals surface area (Å²) in [6, 6.07) is 1.05. The lowest BCUT2D eigenvalue weighted by molar-refractivity contribution is -0.194. The van der Waals surface area contributed by atoms with Crippen molar-refractivity contribution in [2.75, 3.05) is 33.4 Å². The van der Waals surface area contributed by atoms with Gasteiger partial charge in [-0.25, -0.2) is 0 Å². The second kappa shape index (κ2) is 7.40. The molecule has 1 aliphatic carbocycles. The molecule has 0 aromatic heterocycles. The van der Waals surface area contributed by atoms with Crippen molar-refractivity contribution >= 4 is 0 Å². The quantitative estimate of drug-likeness (QED) is 0.817. The fourth-order valence-electron chi connectivity index (χ4n) is 3.89. The summed E-state index contributed by atoms with van der Waals surface area (Å²) in [6.07, 6.45) is 3.15. The van der Waals surface area contributed by atoms with Crippen molar-refractivity contribution in [3.05, 3.63) is 0 Å². The number of hydrogen-bond donors (Lipinski definition) is 1. The summed E-state index contributed by atoms with van der Waals surface area (Å²) >= 11 is 0. The number of nitrogens with one attached hydrogen (secondary N) is 1. The molecule has 124 valence electrons. The zero-order valence-electron chi connectivity index (χ0n) is 14.5. The second-order valence-electron chi connectivity index (χ2n) is 7.55. The molecule has 4 heteroatoms. The number of likely N-dealkylation sites (N-methyl/N-ethyl adjacent to an activating group) is 1. The average Bonchev–Trinajstić information content (AvgIpc) is 2.85. The highest BCUT2D eigenvalue weighted by molar-refractivity contribution is 4.96. The molecule has 0 amide bonds. The van der Waals surface area contributed by atoms with Crippen molar-refractivity contribution < 1.29 is 9.47 Å². The molecular formula is C17H34N2O2. The van der Waals surface area contributed by atoms with Gasteiger partial charge in [0, 0.05) is 38.0 Å². The Kier molecular flexibility index (Phi) is 6.06. The average molecular weight is 298 g/mol. The molecule has 2 atom stereocenters. The van der Waals surface area contributed by atoms with Gasteiger partial charge in [0.1, 0.15) is 0 Å². The van der Waals surface area contributed by atoms with E-state index in [-0.39, 0.29) is 5.79 Å². The van der Waals surface area contributed by atoms with Gasteiger partial charge >= 0.3 is 0 Å². The molecule has 0 bridgehead atoms. The van der Waals surface area contributed by atoms with Crippen molar-refractivity contribution in [3.8, 4) is 0 Å². The van der Waals surface area contributed by atoms with Crippen LogP contribution in [0.2, 0.25) is 0 Å². The Morgan fingerprint density at radius 2 is 1.67 bits per heavy atom. The highest BCUT2D eigenvalue weighted by Crippen LogP contribution is 2.38. The number of nitrogens with zero attached hydrogens (tertiary/aromatic N) is 1. The lowest BCUT2D eigenvalue weighted by atomic mass is 9.84. The van der Waals surface area contributed by atoms with E-state index in [0.29, 0.717) is 23.9 Å². The Morgan fingerprint density at radius 1 is 1.10 bits per heavy atom. The van der Waals surface area contributed by atoms with Gasteiger partial charge in [0.05, 0.1) is 13.2 Å². The van der Waals surface area contributed by atoms with Gasteiger partial charge in [-0.05, 0) is 25.3 Å². The van der Waals surface area contributed by atoms with Gasteiger partial charge < -0.3 is 14.8 Å². The van der Waals surface area contributed by atoms with Crippen LogP contribution in [0.4, 0.5) is 0 Å². The second-order valence-corrected chi connectivity index (χ2v) is 7.55. The minimum atomic E-state index is -0.301. The van der Waals surface area contributed by atoms with Crippen molar-refractivity contribution in [1.82, 2.24) is 10.2 Å². The Labute approximate surface area is 130 Å². The number of hydrogen-bond acceptors (Lipinski definition) is 4. The third kappa shape index (κ3) is 4.41. The van der Waals surface area contributed by atoms with Crippen LogP contribution < -0.4 is 5.32 Å². The zero-order chi connectivity index (χ0) is 15.5. The maximum Gasteiger partial charge on any atom is 0.170 e. The molecule has 1 saturated carbocycles. The van der Waals surface area contributed by atoms with Crippen LogP contribution in [-0.4, -0.2) is 56.1 Å². The summed E-state index contributed by atoms with van der Waals surface area (Å²) < 4.78 is 12.0. The van der Waals surface area contributed by atoms with E-state index in [4.69, 9.17) is 9.47 Å². The molecule has 21 heavy (non-hydrogen) atoms. The fourth-order valence-corrected chi connectivity index (χ4v) is 3.89. The van der Waals surface area contributed by atoms with Crippen molar-refractivity contribution in [2.24, 2.45) is 11.8 Å². The molecular weight excluding hydrogens is 264 g/mol. The van der Waals surface area contributed by atoms with Gasteiger partial charge in [-0.15, -0.1) is 0 Å². The molecule has 2 unspecified atom stereocenters. The highest BCUT2D eigenvalue weighted by atomic mass is 16.7. The lowest BCUT2D eigenvalue weighted by Gasteiger charge is -2.46. The summed E-state index contributed by atoms with van der Waals surface area (Å²) in [6.45, 7) is 13.0. The van der Waals surface area contributed by atoms with Crippen LogP contribution in [-0.2, 0) is 9.47 Å². The van der Waals surface area contributed by atoms with Crippen LogP contribution in [0.5, 0.6) is 0 Å². The van der Waals surface area contributed by atoms with E-state index < -0.39 is 0 Å². The standard InChI is InChI=1S/C17H34N2O2/c1-13(2)11-19(12-14(3)4)16-10-17(20-8-9-21-17)7-6-15(16)18-5/h13-16,18H,6-12H2,1-5H3. The molecule has 1 N–H and O–H groups in total. The zero-order valence-corrected chi connectivity index (χ0v) is 14.5. The van der Waals surface area contributed by atoms with E-state index >= 15 is 0 Å². The van der Waals surface area contributed by atoms with Crippen LogP contribution in [0.1, 0.15) is 47.0 Å². The molecule has 2 aliphatic rings.